The topological polar surface area (TPSA) is 385 Å². The van der Waals surface area contributed by atoms with Gasteiger partial charge in [0.1, 0.15) is 17.1 Å². The summed E-state index contributed by atoms with van der Waals surface area (Å²) in [7, 11) is 15.0. The van der Waals surface area contributed by atoms with E-state index in [2.05, 4.69) is 67.8 Å². The Kier molecular flexibility index (Phi) is 21.2. The highest BCUT2D eigenvalue weighted by atomic mass is 16.5. The SMILES string of the molecule is COc1cc2c(cc1OCCCC(=O)Nc1cc(C(=O)Nc3cn(C)c(C(=O)NCCC(=O)Nc4cn(C)c(C(=O)Nc5cn(C)c(C(=O)NCCC(=O)Nc6cc(C(=O)Nc7cc(C(=O)NCCCN(C)C)n(C)c7)n(C)c6)n5)n4)n3)n(C)c1)N=C[C@@H]1CCCN1C2=O. The number of aryl methyl sites for hydroxylation is 6. The average molecular weight is 1290 g/mol. The summed E-state index contributed by atoms with van der Waals surface area (Å²) < 4.78 is 20.3. The van der Waals surface area contributed by atoms with Gasteiger partial charge in [0.25, 0.3) is 41.4 Å². The lowest BCUT2D eigenvalue weighted by molar-refractivity contribution is -0.117. The van der Waals surface area contributed by atoms with Crippen LogP contribution in [0.5, 0.6) is 11.5 Å². The van der Waals surface area contributed by atoms with Crippen molar-refractivity contribution in [3.8, 4) is 11.5 Å². The Labute approximate surface area is 539 Å². The maximum absolute atomic E-state index is 13.4. The number of benzene rings is 1. The zero-order valence-electron chi connectivity index (χ0n) is 53.5. The number of hydrogen-bond donors (Lipinski definition) is 9. The van der Waals surface area contributed by atoms with Crippen LogP contribution in [0.1, 0.15) is 119 Å². The van der Waals surface area contributed by atoms with E-state index in [9.17, 15) is 47.9 Å². The summed E-state index contributed by atoms with van der Waals surface area (Å²) in [4.78, 5) is 152. The van der Waals surface area contributed by atoms with Crippen molar-refractivity contribution in [3.05, 3.63) is 108 Å². The fourth-order valence-electron chi connectivity index (χ4n) is 10.4. The standard InChI is InChI=1S/C61H75N21O12/c1-75(2)20-12-17-62-55(86)41-25-37(31-76(41)3)68-56(87)42-23-36(30-77(42)4)67-50(84)15-18-63-59(90)53-72-48(34-80(53)7)74-60(91)54-70-46(32-81(54)8)69-51(85)16-19-64-58(89)52-71-47(33-79(52)6)73-57(88)43-24-35(29-78(43)5)66-49(83)14-11-22-94-45-27-40-39(26-44(45)93-9)61(92)82-21-10-13-38(82)28-65-40/h23-34,38H,10-22H2,1-9H3,(H,62,86)(H,63,90)(H,64,89)(H,66,83)(H,67,84)(H,68,87)(H,69,85)(H,73,88)(H,74,91)/t38-/m0/s1. The summed E-state index contributed by atoms with van der Waals surface area (Å²) in [5, 5.41) is 24.3. The van der Waals surface area contributed by atoms with Gasteiger partial charge >= 0.3 is 0 Å². The van der Waals surface area contributed by atoms with Crippen molar-refractivity contribution in [2.24, 2.45) is 47.3 Å². The van der Waals surface area contributed by atoms with Gasteiger partial charge in [-0.2, -0.15) is 0 Å². The lowest BCUT2D eigenvalue weighted by atomic mass is 10.1. The summed E-state index contributed by atoms with van der Waals surface area (Å²) in [6.45, 7) is 1.97. The molecule has 1 aromatic carbocycles. The van der Waals surface area contributed by atoms with Crippen LogP contribution < -0.4 is 57.3 Å². The molecule has 94 heavy (non-hydrogen) atoms. The zero-order chi connectivity index (χ0) is 67.5. The Morgan fingerprint density at radius 2 is 1.00 bits per heavy atom. The molecule has 0 aliphatic carbocycles. The first kappa shape index (κ1) is 67.0. The fourth-order valence-corrected chi connectivity index (χ4v) is 10.4. The first-order chi connectivity index (χ1) is 44.9. The highest BCUT2D eigenvalue weighted by Gasteiger charge is 2.33. The van der Waals surface area contributed by atoms with Crippen molar-refractivity contribution < 1.29 is 57.4 Å². The number of carbonyl (C=O) groups is 10. The first-order valence-electron chi connectivity index (χ1n) is 30.0. The summed E-state index contributed by atoms with van der Waals surface area (Å²) in [5.41, 5.74) is 2.86. The third kappa shape index (κ3) is 16.6. The molecule has 9 N–H and O–H groups in total. The van der Waals surface area contributed by atoms with Crippen LogP contribution in [0.2, 0.25) is 0 Å². The molecule has 1 saturated heterocycles. The second-order valence-electron chi connectivity index (χ2n) is 22.7. The number of methoxy groups -OCH3 is 1. The van der Waals surface area contributed by atoms with Crippen LogP contribution >= 0.6 is 0 Å². The zero-order valence-corrected chi connectivity index (χ0v) is 53.5. The molecule has 1 atom stereocenters. The van der Waals surface area contributed by atoms with E-state index in [1.54, 1.807) is 75.8 Å². The molecule has 0 saturated carbocycles. The Morgan fingerprint density at radius 3 is 1.55 bits per heavy atom. The number of imidazole rings is 3. The van der Waals surface area contributed by atoms with E-state index < -0.39 is 41.4 Å². The molecule has 496 valence electrons. The molecule has 33 nitrogen and oxygen atoms in total. The molecular weight excluding hydrogens is 1220 g/mol. The number of fused-ring (bicyclic) bond motifs is 2. The summed E-state index contributed by atoms with van der Waals surface area (Å²) >= 11 is 0. The van der Waals surface area contributed by atoms with Gasteiger partial charge in [0.05, 0.1) is 48.1 Å². The number of nitrogens with one attached hydrogen (secondary N) is 9. The molecular formula is C61H75N21O12. The molecule has 10 amide bonds. The number of nitrogens with zero attached hydrogens (tertiary/aromatic N) is 12. The van der Waals surface area contributed by atoms with Gasteiger partial charge in [-0.15, -0.1) is 0 Å². The molecule has 0 spiro atoms. The molecule has 9 rings (SSSR count). The van der Waals surface area contributed by atoms with Crippen LogP contribution in [-0.2, 0) is 56.7 Å². The predicted molar refractivity (Wildman–Crippen MR) is 345 cm³/mol. The van der Waals surface area contributed by atoms with Crippen molar-refractivity contribution in [2.45, 2.75) is 51.0 Å². The molecule has 8 heterocycles. The lowest BCUT2D eigenvalue weighted by Gasteiger charge is -2.20. The van der Waals surface area contributed by atoms with Crippen LogP contribution in [0.25, 0.3) is 0 Å². The highest BCUT2D eigenvalue weighted by molar-refractivity contribution is 6.07. The van der Waals surface area contributed by atoms with E-state index >= 15 is 0 Å². The van der Waals surface area contributed by atoms with Gasteiger partial charge in [-0.05, 0) is 70.6 Å². The number of aromatic nitrogens is 9. The second-order valence-corrected chi connectivity index (χ2v) is 22.7. The molecule has 0 bridgehead atoms. The van der Waals surface area contributed by atoms with Gasteiger partial charge in [0.2, 0.25) is 35.2 Å². The van der Waals surface area contributed by atoms with Crippen molar-refractivity contribution in [2.75, 3.05) is 92.4 Å². The Balaban J connectivity index is 0.662. The third-order valence-corrected chi connectivity index (χ3v) is 15.1. The number of anilines is 6. The fraction of sp³-hybridized carbons (Fsp3) is 0.377. The Hall–Kier alpha value is -11.4. The van der Waals surface area contributed by atoms with Gasteiger partial charge < -0.3 is 94.5 Å². The number of amides is 10. The number of hydrogen-bond acceptors (Lipinski definition) is 17. The number of aliphatic imine (C=N–C) groups is 1. The van der Waals surface area contributed by atoms with E-state index in [0.717, 1.165) is 25.8 Å². The first-order valence-corrected chi connectivity index (χ1v) is 30.0. The average Bonchev–Trinajstić information content (AvgIpc) is 1.56. The van der Waals surface area contributed by atoms with Crippen molar-refractivity contribution in [3.63, 3.8) is 0 Å². The maximum Gasteiger partial charge on any atom is 0.292 e. The van der Waals surface area contributed by atoms with Gasteiger partial charge in [-0.1, -0.05) is 0 Å². The van der Waals surface area contributed by atoms with Crippen molar-refractivity contribution >= 4 is 105 Å². The van der Waals surface area contributed by atoms with Crippen LogP contribution in [0.3, 0.4) is 0 Å². The number of rotatable bonds is 28. The minimum absolute atomic E-state index is 0.0107. The quantitative estimate of drug-likeness (QED) is 0.0318. The van der Waals surface area contributed by atoms with E-state index in [1.165, 1.54) is 74.8 Å². The third-order valence-electron chi connectivity index (χ3n) is 15.1. The largest absolute Gasteiger partial charge is 0.493 e. The normalized spacial score (nSPS) is 13.1. The van der Waals surface area contributed by atoms with E-state index in [1.807, 2.05) is 23.9 Å². The molecule has 2 aliphatic rings. The second kappa shape index (κ2) is 29.7. The summed E-state index contributed by atoms with van der Waals surface area (Å²) in [5.74, 6) is -4.06. The van der Waals surface area contributed by atoms with Crippen molar-refractivity contribution in [1.29, 1.82) is 0 Å². The molecule has 7 aromatic rings. The van der Waals surface area contributed by atoms with Crippen LogP contribution in [0.15, 0.2) is 72.5 Å². The molecule has 0 unspecified atom stereocenters. The number of ether oxygens (including phenoxy) is 2. The van der Waals surface area contributed by atoms with Crippen LogP contribution in [0, 0.1) is 0 Å². The van der Waals surface area contributed by atoms with Gasteiger partial charge in [-0.25, -0.2) is 15.0 Å². The molecule has 33 heteroatoms. The Morgan fingerprint density at radius 1 is 0.521 bits per heavy atom. The molecule has 6 aromatic heterocycles. The monoisotopic (exact) mass is 1290 g/mol. The number of carbonyl (C=O) groups excluding carboxylic acids is 10. The lowest BCUT2D eigenvalue weighted by Crippen LogP contribution is -2.35. The Bertz CT molecular complexity index is 4100. The van der Waals surface area contributed by atoms with Crippen LogP contribution in [0.4, 0.5) is 40.2 Å². The van der Waals surface area contributed by atoms with E-state index in [4.69, 9.17) is 9.47 Å². The molecule has 0 radical (unpaired) electrons. The predicted octanol–water partition coefficient (Wildman–Crippen LogP) is 2.99. The van der Waals surface area contributed by atoms with Gasteiger partial charge in [-0.3, -0.25) is 52.9 Å². The van der Waals surface area contributed by atoms with Crippen molar-refractivity contribution in [1.82, 2.24) is 68.1 Å². The summed E-state index contributed by atoms with van der Waals surface area (Å²) in [6.07, 6.45) is 13.5. The van der Waals surface area contributed by atoms with Gasteiger partial charge in [0, 0.05) is 137 Å². The minimum atomic E-state index is -0.714. The molecule has 2 aliphatic heterocycles. The highest BCUT2D eigenvalue weighted by Crippen LogP contribution is 2.38. The minimum Gasteiger partial charge on any atom is -0.493 e. The van der Waals surface area contributed by atoms with Crippen LogP contribution in [-0.4, -0.2) is 184 Å². The van der Waals surface area contributed by atoms with E-state index in [0.29, 0.717) is 65.0 Å². The van der Waals surface area contributed by atoms with E-state index in [-0.39, 0.29) is 109 Å². The smallest absolute Gasteiger partial charge is 0.292 e. The maximum atomic E-state index is 13.4. The summed E-state index contributed by atoms with van der Waals surface area (Å²) in [6, 6.07) is 7.84. The van der Waals surface area contributed by atoms with Gasteiger partial charge in [0.15, 0.2) is 29.0 Å². The molecule has 1 fully saturated rings.